The number of hydrogen-bond acceptors (Lipinski definition) is 9. The Labute approximate surface area is 290 Å². The highest BCUT2D eigenvalue weighted by Crippen LogP contribution is 2.33. The highest BCUT2D eigenvalue weighted by atomic mass is 32.2. The van der Waals surface area contributed by atoms with Gasteiger partial charge in [-0.25, -0.2) is 8.42 Å². The molecule has 0 fully saturated rings. The molecular formula is C37H49N3O8S. The molecule has 49 heavy (non-hydrogen) atoms. The summed E-state index contributed by atoms with van der Waals surface area (Å²) in [6.07, 6.45) is 2.07. The number of aryl methyl sites for hydroxylation is 1. The van der Waals surface area contributed by atoms with E-state index < -0.39 is 16.1 Å². The number of carbonyl (C=O) groups excluding carboxylic acids is 1. The van der Waals surface area contributed by atoms with E-state index in [9.17, 15) is 18.3 Å². The van der Waals surface area contributed by atoms with Gasteiger partial charge in [0, 0.05) is 37.8 Å². The molecule has 0 spiro atoms. The van der Waals surface area contributed by atoms with Crippen molar-refractivity contribution in [2.24, 2.45) is 5.92 Å². The molecule has 3 aromatic carbocycles. The second kappa shape index (κ2) is 16.2. The maximum Gasteiger partial charge on any atom is 0.261 e. The molecule has 11 nitrogen and oxygen atoms in total. The third-order valence-electron chi connectivity index (χ3n) is 9.02. The number of fused-ring (bicyclic) bond motifs is 2. The molecule has 266 valence electrons. The molecule has 3 aromatic rings. The van der Waals surface area contributed by atoms with E-state index in [-0.39, 0.29) is 53.6 Å². The van der Waals surface area contributed by atoms with Crippen molar-refractivity contribution in [3.8, 4) is 17.2 Å². The Morgan fingerprint density at radius 1 is 1.00 bits per heavy atom. The number of amides is 1. The molecule has 2 N–H and O–H groups in total. The highest BCUT2D eigenvalue weighted by molar-refractivity contribution is 7.92. The first-order valence-electron chi connectivity index (χ1n) is 16.9. The van der Waals surface area contributed by atoms with Crippen molar-refractivity contribution in [3.63, 3.8) is 0 Å². The third kappa shape index (κ3) is 9.45. The van der Waals surface area contributed by atoms with E-state index in [2.05, 4.69) is 16.5 Å². The molecule has 0 saturated heterocycles. The summed E-state index contributed by atoms with van der Waals surface area (Å²) in [4.78, 5) is 18.4. The van der Waals surface area contributed by atoms with E-state index >= 15 is 0 Å². The molecule has 2 aliphatic heterocycles. The van der Waals surface area contributed by atoms with Crippen molar-refractivity contribution in [2.75, 3.05) is 44.9 Å². The van der Waals surface area contributed by atoms with Crippen molar-refractivity contribution < 1.29 is 37.3 Å². The summed E-state index contributed by atoms with van der Waals surface area (Å²) < 4.78 is 52.9. The van der Waals surface area contributed by atoms with Crippen LogP contribution in [-0.2, 0) is 21.3 Å². The van der Waals surface area contributed by atoms with Crippen LogP contribution < -0.4 is 18.9 Å². The van der Waals surface area contributed by atoms with E-state index in [0.717, 1.165) is 41.9 Å². The predicted molar refractivity (Wildman–Crippen MR) is 188 cm³/mol. The molecule has 2 aliphatic rings. The zero-order valence-corrected chi connectivity index (χ0v) is 29.9. The van der Waals surface area contributed by atoms with Crippen LogP contribution in [0.15, 0.2) is 65.6 Å². The van der Waals surface area contributed by atoms with Crippen molar-refractivity contribution in [1.29, 1.82) is 0 Å². The summed E-state index contributed by atoms with van der Waals surface area (Å²) in [5.41, 5.74) is 2.49. The first kappa shape index (κ1) is 36.4. The van der Waals surface area contributed by atoms with Gasteiger partial charge in [-0.05, 0) is 95.1 Å². The van der Waals surface area contributed by atoms with Crippen LogP contribution in [0.5, 0.6) is 17.2 Å². The van der Waals surface area contributed by atoms with Gasteiger partial charge < -0.3 is 29.0 Å². The third-order valence-corrected chi connectivity index (χ3v) is 10.4. The molecule has 0 bridgehead atoms. The Morgan fingerprint density at radius 2 is 1.73 bits per heavy atom. The Morgan fingerprint density at radius 3 is 2.49 bits per heavy atom. The fraction of sp³-hybridized carbons (Fsp3) is 0.486. The number of nitrogens with zero attached hydrogens (tertiary/aromatic N) is 2. The molecule has 2 heterocycles. The smallest absolute Gasteiger partial charge is 0.261 e. The fourth-order valence-electron chi connectivity index (χ4n) is 6.10. The van der Waals surface area contributed by atoms with E-state index in [1.54, 1.807) is 48.2 Å². The molecule has 0 unspecified atom stereocenters. The molecule has 12 heteroatoms. The molecule has 0 aromatic heterocycles. The van der Waals surface area contributed by atoms with Gasteiger partial charge in [0.05, 0.1) is 35.3 Å². The maximum atomic E-state index is 14.4. The number of likely N-dealkylation sites (N-methyl/N-ethyl adjacent to an activating group) is 1. The first-order valence-corrected chi connectivity index (χ1v) is 18.4. The normalized spacial score (nSPS) is 21.1. The summed E-state index contributed by atoms with van der Waals surface area (Å²) >= 11 is 0. The summed E-state index contributed by atoms with van der Waals surface area (Å²) in [5.74, 6) is 1.38. The number of rotatable bonds is 9. The quantitative estimate of drug-likeness (QED) is 0.301. The lowest BCUT2D eigenvalue weighted by Crippen LogP contribution is -2.47. The van der Waals surface area contributed by atoms with Crippen molar-refractivity contribution >= 4 is 21.6 Å². The van der Waals surface area contributed by atoms with Crippen LogP contribution in [-0.4, -0.2) is 87.6 Å². The Kier molecular flexibility index (Phi) is 12.1. The van der Waals surface area contributed by atoms with Crippen molar-refractivity contribution in [3.05, 3.63) is 77.4 Å². The van der Waals surface area contributed by atoms with E-state index in [4.69, 9.17) is 18.9 Å². The lowest BCUT2D eigenvalue weighted by Gasteiger charge is -2.36. The average molecular weight is 696 g/mol. The number of nitrogens with one attached hydrogen (secondary N) is 1. The number of benzene rings is 3. The number of aliphatic hydroxyl groups is 1. The molecule has 4 atom stereocenters. The average Bonchev–Trinajstić information content (AvgIpc) is 3.54. The predicted octanol–water partition coefficient (Wildman–Crippen LogP) is 5.45. The second-order valence-corrected chi connectivity index (χ2v) is 15.0. The number of hydrogen-bond donors (Lipinski definition) is 2. The zero-order chi connectivity index (χ0) is 35.1. The SMILES string of the molecule is Cc1ccc(S(=O)(=O)Nc2ccc3c(c2)C(=O)N([C@@H](C)CO)C[C@@H](C)[C@@H](CN(C)Cc2ccc4c(c2)OCO4)OCCCC[C@H](C)O3)cc1. The lowest BCUT2D eigenvalue weighted by molar-refractivity contribution is -0.0177. The van der Waals surface area contributed by atoms with Gasteiger partial charge in [-0.2, -0.15) is 0 Å². The van der Waals surface area contributed by atoms with Gasteiger partial charge in [0.1, 0.15) is 5.75 Å². The van der Waals surface area contributed by atoms with Crippen LogP contribution in [0.1, 0.15) is 61.5 Å². The first-order chi connectivity index (χ1) is 23.4. The van der Waals surface area contributed by atoms with Crippen molar-refractivity contribution in [1.82, 2.24) is 9.80 Å². The number of aliphatic hydroxyl groups excluding tert-OH is 1. The van der Waals surface area contributed by atoms with Crippen molar-refractivity contribution in [2.45, 2.75) is 76.6 Å². The van der Waals surface area contributed by atoms with Gasteiger partial charge in [-0.15, -0.1) is 0 Å². The number of carbonyl (C=O) groups is 1. The molecule has 0 aliphatic carbocycles. The minimum absolute atomic E-state index is 0.105. The van der Waals surface area contributed by atoms with Gasteiger partial charge in [-0.3, -0.25) is 14.4 Å². The van der Waals surface area contributed by atoms with Gasteiger partial charge in [0.15, 0.2) is 11.5 Å². The summed E-state index contributed by atoms with van der Waals surface area (Å²) in [5, 5.41) is 10.3. The Bertz CT molecular complexity index is 1680. The lowest BCUT2D eigenvalue weighted by atomic mass is 10.0. The fourth-order valence-corrected chi connectivity index (χ4v) is 7.15. The van der Waals surface area contributed by atoms with Gasteiger partial charge >= 0.3 is 0 Å². The van der Waals surface area contributed by atoms with Crippen LogP contribution in [0.4, 0.5) is 5.69 Å². The second-order valence-electron chi connectivity index (χ2n) is 13.3. The van der Waals surface area contributed by atoms with Crippen LogP contribution in [0, 0.1) is 12.8 Å². The monoisotopic (exact) mass is 695 g/mol. The maximum absolute atomic E-state index is 14.4. The van der Waals surface area contributed by atoms with Gasteiger partial charge in [-0.1, -0.05) is 30.7 Å². The van der Waals surface area contributed by atoms with Crippen LogP contribution in [0.2, 0.25) is 0 Å². The highest BCUT2D eigenvalue weighted by Gasteiger charge is 2.31. The van der Waals surface area contributed by atoms with Gasteiger partial charge in [0.2, 0.25) is 6.79 Å². The summed E-state index contributed by atoms with van der Waals surface area (Å²) in [7, 11) is -1.87. The topological polar surface area (TPSA) is 127 Å². The summed E-state index contributed by atoms with van der Waals surface area (Å²) in [6.45, 7) is 9.83. The minimum Gasteiger partial charge on any atom is -0.490 e. The Hall–Kier alpha value is -3.84. The zero-order valence-electron chi connectivity index (χ0n) is 29.1. The molecule has 5 rings (SSSR count). The molecule has 0 radical (unpaired) electrons. The van der Waals surface area contributed by atoms with E-state index in [1.807, 2.05) is 39.1 Å². The molecule has 1 amide bonds. The van der Waals surface area contributed by atoms with E-state index in [1.165, 1.54) is 6.07 Å². The number of sulfonamides is 1. The largest absolute Gasteiger partial charge is 0.490 e. The number of ether oxygens (including phenoxy) is 4. The minimum atomic E-state index is -3.91. The van der Waals surface area contributed by atoms with Crippen LogP contribution in [0.3, 0.4) is 0 Å². The molecular weight excluding hydrogens is 646 g/mol. The Balaban J connectivity index is 1.40. The standard InChI is InChI=1S/C37H49N3O8S/c1-25-9-13-31(14-10-25)49(43,44)38-30-12-16-33-32(19-30)37(42)40(27(3)23-41)20-26(2)36(45-17-7-6-8-28(4)48-33)22-39(5)21-29-11-15-34-35(18-29)47-24-46-34/h9-16,18-19,26-28,36,38,41H,6-8,17,20-24H2,1-5H3/t26-,27+,28+,36-/m1/s1. The summed E-state index contributed by atoms with van der Waals surface area (Å²) in [6, 6.07) is 16.8. The van der Waals surface area contributed by atoms with Crippen LogP contribution >= 0.6 is 0 Å². The molecule has 0 saturated carbocycles. The number of anilines is 1. The van der Waals surface area contributed by atoms with E-state index in [0.29, 0.717) is 32.0 Å². The van der Waals surface area contributed by atoms with Crippen LogP contribution in [0.25, 0.3) is 0 Å². The van der Waals surface area contributed by atoms with Gasteiger partial charge in [0.25, 0.3) is 15.9 Å².